The molecule has 1 heterocycles. The molecule has 1 saturated carbocycles. The van der Waals surface area contributed by atoms with Gasteiger partial charge in [-0.25, -0.2) is 4.98 Å². The number of benzene rings is 1. The molecular formula is C22H31N3O4. The van der Waals surface area contributed by atoms with Crippen LogP contribution < -0.4 is 14.8 Å². The van der Waals surface area contributed by atoms with Crippen molar-refractivity contribution in [2.24, 2.45) is 24.3 Å². The van der Waals surface area contributed by atoms with Gasteiger partial charge in [-0.3, -0.25) is 4.79 Å². The second kappa shape index (κ2) is 8.45. The molecule has 7 heteroatoms. The van der Waals surface area contributed by atoms with Crippen LogP contribution in [0.15, 0.2) is 30.6 Å². The molecule has 1 aliphatic carbocycles. The molecular weight excluding hydrogens is 370 g/mol. The van der Waals surface area contributed by atoms with E-state index in [0.717, 1.165) is 22.9 Å². The lowest BCUT2D eigenvalue weighted by Crippen LogP contribution is -2.28. The van der Waals surface area contributed by atoms with E-state index < -0.39 is 0 Å². The number of esters is 1. The third-order valence-corrected chi connectivity index (χ3v) is 5.96. The van der Waals surface area contributed by atoms with Crippen LogP contribution in [0, 0.1) is 17.3 Å². The number of methoxy groups -OCH3 is 2. The van der Waals surface area contributed by atoms with Crippen molar-refractivity contribution in [1.29, 1.82) is 0 Å². The van der Waals surface area contributed by atoms with Gasteiger partial charge in [0.15, 0.2) is 0 Å². The molecule has 0 amide bonds. The van der Waals surface area contributed by atoms with E-state index in [4.69, 9.17) is 14.2 Å². The first-order valence-corrected chi connectivity index (χ1v) is 9.93. The van der Waals surface area contributed by atoms with Gasteiger partial charge < -0.3 is 24.1 Å². The van der Waals surface area contributed by atoms with Crippen molar-refractivity contribution >= 4 is 5.97 Å². The Balaban J connectivity index is 1.85. The normalized spacial score (nSPS) is 20.8. The highest BCUT2D eigenvalue weighted by atomic mass is 16.5. The van der Waals surface area contributed by atoms with E-state index in [0.29, 0.717) is 13.2 Å². The smallest absolute Gasteiger partial charge is 0.309 e. The summed E-state index contributed by atoms with van der Waals surface area (Å²) in [5.74, 6) is 2.33. The van der Waals surface area contributed by atoms with Crippen LogP contribution in [0.4, 0.5) is 0 Å². The molecule has 7 nitrogen and oxygen atoms in total. The first-order valence-electron chi connectivity index (χ1n) is 9.93. The minimum absolute atomic E-state index is 0.0858. The molecule has 3 rings (SSSR count). The van der Waals surface area contributed by atoms with Gasteiger partial charge in [0.25, 0.3) is 0 Å². The highest BCUT2D eigenvalue weighted by Crippen LogP contribution is 2.58. The Morgan fingerprint density at radius 2 is 1.90 bits per heavy atom. The van der Waals surface area contributed by atoms with E-state index >= 15 is 0 Å². The Labute approximate surface area is 172 Å². The van der Waals surface area contributed by atoms with Crippen LogP contribution in [0.2, 0.25) is 0 Å². The Kier molecular flexibility index (Phi) is 6.17. The van der Waals surface area contributed by atoms with Crippen LogP contribution in [-0.2, 0) is 16.6 Å². The second-order valence-electron chi connectivity index (χ2n) is 8.04. The number of hydrogen-bond acceptors (Lipinski definition) is 6. The number of nitrogens with zero attached hydrogens (tertiary/aromatic N) is 2. The van der Waals surface area contributed by atoms with Gasteiger partial charge >= 0.3 is 5.97 Å². The second-order valence-corrected chi connectivity index (χ2v) is 8.04. The number of aryl methyl sites for hydroxylation is 1. The van der Waals surface area contributed by atoms with Gasteiger partial charge in [0, 0.05) is 32.1 Å². The summed E-state index contributed by atoms with van der Waals surface area (Å²) in [5, 5.41) is 3.62. The van der Waals surface area contributed by atoms with Crippen LogP contribution in [0.1, 0.15) is 38.2 Å². The quantitative estimate of drug-likeness (QED) is 0.651. The van der Waals surface area contributed by atoms with Gasteiger partial charge in [-0.05, 0) is 36.0 Å². The lowest BCUT2D eigenvalue weighted by molar-refractivity contribution is -0.145. The first-order chi connectivity index (χ1) is 13.8. The molecule has 1 N–H and O–H groups in total. The summed E-state index contributed by atoms with van der Waals surface area (Å²) in [5.41, 5.74) is 0.902. The summed E-state index contributed by atoms with van der Waals surface area (Å²) in [6.45, 7) is 7.16. The van der Waals surface area contributed by atoms with Crippen LogP contribution in [0.3, 0.4) is 0 Å². The topological polar surface area (TPSA) is 74.6 Å². The number of aromatic nitrogens is 2. The van der Waals surface area contributed by atoms with Crippen molar-refractivity contribution in [1.82, 2.24) is 14.9 Å². The van der Waals surface area contributed by atoms with E-state index in [1.807, 2.05) is 42.9 Å². The van der Waals surface area contributed by atoms with E-state index in [9.17, 15) is 4.79 Å². The molecule has 29 heavy (non-hydrogen) atoms. The summed E-state index contributed by atoms with van der Waals surface area (Å²) in [4.78, 5) is 16.8. The van der Waals surface area contributed by atoms with Crippen LogP contribution >= 0.6 is 0 Å². The van der Waals surface area contributed by atoms with Crippen molar-refractivity contribution in [3.63, 3.8) is 0 Å². The lowest BCUT2D eigenvalue weighted by Gasteiger charge is -2.21. The lowest BCUT2D eigenvalue weighted by atomic mass is 10.0. The molecule has 0 radical (unpaired) electrons. The minimum atomic E-state index is -0.168. The Morgan fingerprint density at radius 3 is 2.41 bits per heavy atom. The van der Waals surface area contributed by atoms with Crippen molar-refractivity contribution in [3.05, 3.63) is 42.0 Å². The van der Waals surface area contributed by atoms with Crippen molar-refractivity contribution in [2.75, 3.05) is 27.4 Å². The van der Waals surface area contributed by atoms with Gasteiger partial charge in [-0.1, -0.05) is 13.8 Å². The molecule has 2 aromatic rings. The minimum Gasteiger partial charge on any atom is -0.497 e. The standard InChI is InChI=1S/C22H31N3O4/c1-7-29-21(26)18-17(22(18,2)3)13-24-19(20-23-8-9-25(20)4)14-10-15(27-5)12-16(11-14)28-6/h8-12,17-19,24H,7,13H2,1-6H3. The summed E-state index contributed by atoms with van der Waals surface area (Å²) in [6, 6.07) is 5.64. The maximum atomic E-state index is 12.3. The highest BCUT2D eigenvalue weighted by molar-refractivity contribution is 5.77. The zero-order valence-corrected chi connectivity index (χ0v) is 18.1. The van der Waals surface area contributed by atoms with E-state index in [-0.39, 0.29) is 29.3 Å². The summed E-state index contributed by atoms with van der Waals surface area (Å²) in [7, 11) is 5.24. The molecule has 0 bridgehead atoms. The number of hydrogen-bond donors (Lipinski definition) is 1. The van der Waals surface area contributed by atoms with E-state index in [1.165, 1.54) is 0 Å². The fraction of sp³-hybridized carbons (Fsp3) is 0.545. The average molecular weight is 402 g/mol. The Morgan fingerprint density at radius 1 is 1.24 bits per heavy atom. The predicted octanol–water partition coefficient (Wildman–Crippen LogP) is 2.95. The number of carbonyl (C=O) groups excluding carboxylic acids is 1. The number of carbonyl (C=O) groups is 1. The molecule has 3 atom stereocenters. The average Bonchev–Trinajstić information content (AvgIpc) is 3.00. The van der Waals surface area contributed by atoms with Crippen LogP contribution in [0.25, 0.3) is 0 Å². The van der Waals surface area contributed by atoms with E-state index in [1.54, 1.807) is 20.4 Å². The van der Waals surface area contributed by atoms with Gasteiger partial charge in [0.2, 0.25) is 0 Å². The molecule has 1 aliphatic rings. The van der Waals surface area contributed by atoms with Gasteiger partial charge in [0.05, 0.1) is 32.8 Å². The SMILES string of the molecule is CCOC(=O)C1C(CNC(c2cc(OC)cc(OC)c2)c2nccn2C)C1(C)C. The molecule has 1 aromatic heterocycles. The number of ether oxygens (including phenoxy) is 3. The highest BCUT2D eigenvalue weighted by Gasteiger charge is 2.62. The van der Waals surface area contributed by atoms with Crippen molar-refractivity contribution < 1.29 is 19.0 Å². The van der Waals surface area contributed by atoms with E-state index in [2.05, 4.69) is 24.1 Å². The van der Waals surface area contributed by atoms with Crippen molar-refractivity contribution in [2.45, 2.75) is 26.8 Å². The molecule has 1 fully saturated rings. The summed E-state index contributed by atoms with van der Waals surface area (Å²) < 4.78 is 18.1. The summed E-state index contributed by atoms with van der Waals surface area (Å²) >= 11 is 0. The Bertz CT molecular complexity index is 839. The molecule has 0 aliphatic heterocycles. The molecule has 0 spiro atoms. The van der Waals surface area contributed by atoms with Gasteiger partial charge in [-0.15, -0.1) is 0 Å². The summed E-state index contributed by atoms with van der Waals surface area (Å²) in [6.07, 6.45) is 3.70. The molecule has 1 aromatic carbocycles. The zero-order valence-electron chi connectivity index (χ0n) is 18.1. The third-order valence-electron chi connectivity index (χ3n) is 5.96. The van der Waals surface area contributed by atoms with Gasteiger partial charge in [0.1, 0.15) is 17.3 Å². The maximum Gasteiger partial charge on any atom is 0.309 e. The van der Waals surface area contributed by atoms with Crippen LogP contribution in [0.5, 0.6) is 11.5 Å². The largest absolute Gasteiger partial charge is 0.497 e. The van der Waals surface area contributed by atoms with Crippen LogP contribution in [-0.4, -0.2) is 42.9 Å². The molecule has 3 unspecified atom stereocenters. The zero-order chi connectivity index (χ0) is 21.2. The fourth-order valence-electron chi connectivity index (χ4n) is 4.08. The van der Waals surface area contributed by atoms with Crippen molar-refractivity contribution in [3.8, 4) is 11.5 Å². The molecule has 158 valence electrons. The number of rotatable bonds is 9. The number of nitrogens with one attached hydrogen (secondary N) is 1. The maximum absolute atomic E-state index is 12.3. The predicted molar refractivity (Wildman–Crippen MR) is 110 cm³/mol. The molecule has 0 saturated heterocycles. The first kappa shape index (κ1) is 21.2. The fourth-order valence-corrected chi connectivity index (χ4v) is 4.08. The Hall–Kier alpha value is -2.54. The number of imidazole rings is 1. The van der Waals surface area contributed by atoms with Gasteiger partial charge in [-0.2, -0.15) is 0 Å². The monoisotopic (exact) mass is 401 g/mol. The third kappa shape index (κ3) is 4.24.